The molecule has 90 valence electrons. The average Bonchev–Trinajstić information content (AvgIpc) is 2.18. The van der Waals surface area contributed by atoms with Crippen molar-refractivity contribution in [1.29, 1.82) is 0 Å². The fourth-order valence-electron chi connectivity index (χ4n) is 1.41. The highest BCUT2D eigenvalue weighted by molar-refractivity contribution is 5.28. The first-order chi connectivity index (χ1) is 7.40. The van der Waals surface area contributed by atoms with Crippen LogP contribution < -0.4 is 10.5 Å². The highest BCUT2D eigenvalue weighted by atomic mass is 16.5. The van der Waals surface area contributed by atoms with E-state index in [0.717, 1.165) is 11.3 Å². The summed E-state index contributed by atoms with van der Waals surface area (Å²) in [6.45, 7) is 6.06. The number of benzene rings is 1. The highest BCUT2D eigenvalue weighted by Gasteiger charge is 2.11. The van der Waals surface area contributed by atoms with Crippen molar-refractivity contribution in [2.75, 3.05) is 6.61 Å². The first-order valence-corrected chi connectivity index (χ1v) is 5.55. The maximum Gasteiger partial charge on any atom is 0.120 e. The minimum Gasteiger partial charge on any atom is -0.488 e. The van der Waals surface area contributed by atoms with Gasteiger partial charge in [-0.3, -0.25) is 0 Å². The van der Waals surface area contributed by atoms with Gasteiger partial charge in [0, 0.05) is 6.04 Å². The summed E-state index contributed by atoms with van der Waals surface area (Å²) >= 11 is 0. The largest absolute Gasteiger partial charge is 0.488 e. The molecule has 0 aliphatic rings. The van der Waals surface area contributed by atoms with Gasteiger partial charge in [-0.25, -0.2) is 0 Å². The van der Waals surface area contributed by atoms with Crippen LogP contribution in [0, 0.1) is 0 Å². The van der Waals surface area contributed by atoms with Gasteiger partial charge in [-0.2, -0.15) is 0 Å². The molecule has 3 nitrogen and oxygen atoms in total. The van der Waals surface area contributed by atoms with Crippen molar-refractivity contribution in [2.24, 2.45) is 5.73 Å². The summed E-state index contributed by atoms with van der Waals surface area (Å²) in [5.74, 6) is 0.855. The van der Waals surface area contributed by atoms with Crippen LogP contribution in [0.2, 0.25) is 0 Å². The Labute approximate surface area is 97.2 Å². The second kappa shape index (κ2) is 5.32. The van der Waals surface area contributed by atoms with Crippen molar-refractivity contribution < 1.29 is 9.84 Å². The molecule has 16 heavy (non-hydrogen) atoms. The Morgan fingerprint density at radius 2 is 1.81 bits per heavy atom. The van der Waals surface area contributed by atoms with Crippen LogP contribution in [-0.2, 0) is 6.42 Å². The maximum absolute atomic E-state index is 8.85. The van der Waals surface area contributed by atoms with Crippen molar-refractivity contribution in [3.8, 4) is 5.75 Å². The Morgan fingerprint density at radius 3 is 2.25 bits per heavy atom. The van der Waals surface area contributed by atoms with E-state index in [2.05, 4.69) is 0 Å². The average molecular weight is 223 g/mol. The molecular formula is C13H21NO2. The molecule has 1 unspecified atom stereocenters. The molecule has 0 saturated heterocycles. The van der Waals surface area contributed by atoms with Gasteiger partial charge in [0.05, 0.1) is 6.61 Å². The Bertz CT molecular complexity index is 314. The summed E-state index contributed by atoms with van der Waals surface area (Å²) in [7, 11) is 0. The highest BCUT2D eigenvalue weighted by Crippen LogP contribution is 2.18. The molecule has 3 heteroatoms. The molecule has 0 radical (unpaired) electrons. The summed E-state index contributed by atoms with van der Waals surface area (Å²) < 4.78 is 5.71. The third kappa shape index (κ3) is 4.64. The van der Waals surface area contributed by atoms with Crippen LogP contribution in [0.4, 0.5) is 0 Å². The normalized spacial score (nSPS) is 13.6. The maximum atomic E-state index is 8.85. The smallest absolute Gasteiger partial charge is 0.120 e. The van der Waals surface area contributed by atoms with E-state index in [1.807, 2.05) is 45.0 Å². The van der Waals surface area contributed by atoms with Crippen molar-refractivity contribution in [2.45, 2.75) is 38.8 Å². The Morgan fingerprint density at radius 1 is 1.25 bits per heavy atom. The van der Waals surface area contributed by atoms with E-state index in [9.17, 15) is 0 Å². The van der Waals surface area contributed by atoms with Gasteiger partial charge in [0.25, 0.3) is 0 Å². The fourth-order valence-corrected chi connectivity index (χ4v) is 1.41. The monoisotopic (exact) mass is 223 g/mol. The van der Waals surface area contributed by atoms with Crippen LogP contribution in [-0.4, -0.2) is 23.4 Å². The second-order valence-electron chi connectivity index (χ2n) is 5.01. The molecular weight excluding hydrogens is 202 g/mol. The van der Waals surface area contributed by atoms with Crippen LogP contribution >= 0.6 is 0 Å². The van der Waals surface area contributed by atoms with Crippen LogP contribution in [0.25, 0.3) is 0 Å². The lowest BCUT2D eigenvalue weighted by Crippen LogP contribution is -2.26. The van der Waals surface area contributed by atoms with Crippen molar-refractivity contribution >= 4 is 0 Å². The van der Waals surface area contributed by atoms with Gasteiger partial charge < -0.3 is 15.6 Å². The van der Waals surface area contributed by atoms with Crippen molar-refractivity contribution in [3.63, 3.8) is 0 Å². The lowest BCUT2D eigenvalue weighted by Gasteiger charge is -2.21. The van der Waals surface area contributed by atoms with Crippen molar-refractivity contribution in [1.82, 2.24) is 0 Å². The van der Waals surface area contributed by atoms with Gasteiger partial charge >= 0.3 is 0 Å². The molecule has 0 aliphatic carbocycles. The molecule has 0 spiro atoms. The third-order valence-electron chi connectivity index (χ3n) is 2.08. The topological polar surface area (TPSA) is 55.5 Å². The quantitative estimate of drug-likeness (QED) is 0.817. The molecule has 0 aromatic heterocycles. The zero-order valence-electron chi connectivity index (χ0n) is 10.2. The molecule has 0 heterocycles. The summed E-state index contributed by atoms with van der Waals surface area (Å²) in [5, 5.41) is 8.85. The third-order valence-corrected chi connectivity index (χ3v) is 2.08. The summed E-state index contributed by atoms with van der Waals surface area (Å²) in [6, 6.07) is 7.65. The lowest BCUT2D eigenvalue weighted by molar-refractivity contribution is 0.131. The van der Waals surface area contributed by atoms with Gasteiger partial charge in [0.15, 0.2) is 0 Å². The predicted molar refractivity (Wildman–Crippen MR) is 65.6 cm³/mol. The molecule has 1 aromatic carbocycles. The van der Waals surface area contributed by atoms with E-state index in [1.54, 1.807) is 0 Å². The summed E-state index contributed by atoms with van der Waals surface area (Å²) in [6.07, 6.45) is 0.687. The summed E-state index contributed by atoms with van der Waals surface area (Å²) in [4.78, 5) is 0. The zero-order chi connectivity index (χ0) is 12.2. The van der Waals surface area contributed by atoms with E-state index < -0.39 is 0 Å². The van der Waals surface area contributed by atoms with Gasteiger partial charge in [0.1, 0.15) is 11.4 Å². The Kier molecular flexibility index (Phi) is 4.33. The van der Waals surface area contributed by atoms with Gasteiger partial charge in [-0.15, -0.1) is 0 Å². The number of rotatable bonds is 4. The number of ether oxygens (including phenoxy) is 1. The van der Waals surface area contributed by atoms with Crippen LogP contribution in [0.15, 0.2) is 24.3 Å². The first kappa shape index (κ1) is 13.0. The van der Waals surface area contributed by atoms with E-state index >= 15 is 0 Å². The van der Waals surface area contributed by atoms with Gasteiger partial charge in [-0.1, -0.05) is 12.1 Å². The van der Waals surface area contributed by atoms with E-state index in [-0.39, 0.29) is 18.2 Å². The Hall–Kier alpha value is -1.06. The van der Waals surface area contributed by atoms with Crippen molar-refractivity contribution in [3.05, 3.63) is 29.8 Å². The Balaban J connectivity index is 2.61. The number of aliphatic hydroxyl groups is 1. The lowest BCUT2D eigenvalue weighted by atomic mass is 10.1. The summed E-state index contributed by atoms with van der Waals surface area (Å²) in [5.41, 5.74) is 6.60. The number of nitrogens with two attached hydrogens (primary N) is 1. The molecule has 3 N–H and O–H groups in total. The zero-order valence-corrected chi connectivity index (χ0v) is 10.2. The van der Waals surface area contributed by atoms with Gasteiger partial charge in [0.2, 0.25) is 0 Å². The van der Waals surface area contributed by atoms with E-state index in [0.29, 0.717) is 6.42 Å². The first-order valence-electron chi connectivity index (χ1n) is 5.55. The molecule has 1 rings (SSSR count). The van der Waals surface area contributed by atoms with E-state index in [1.165, 1.54) is 0 Å². The molecule has 0 bridgehead atoms. The fraction of sp³-hybridized carbons (Fsp3) is 0.538. The molecule has 0 aliphatic heterocycles. The van der Waals surface area contributed by atoms with Crippen LogP contribution in [0.3, 0.4) is 0 Å². The second-order valence-corrected chi connectivity index (χ2v) is 5.01. The van der Waals surface area contributed by atoms with Gasteiger partial charge in [-0.05, 0) is 44.9 Å². The number of hydrogen-bond donors (Lipinski definition) is 2. The number of aliphatic hydroxyl groups excluding tert-OH is 1. The molecule has 1 atom stereocenters. The SMILES string of the molecule is CC(C)(C)Oc1ccc(CC(N)CO)cc1. The van der Waals surface area contributed by atoms with E-state index in [4.69, 9.17) is 15.6 Å². The van der Waals surface area contributed by atoms with Crippen LogP contribution in [0.1, 0.15) is 26.3 Å². The molecule has 0 fully saturated rings. The van der Waals surface area contributed by atoms with Crippen LogP contribution in [0.5, 0.6) is 5.75 Å². The molecule has 1 aromatic rings. The molecule has 0 saturated carbocycles. The minimum absolute atomic E-state index is 0.0141. The molecule has 0 amide bonds. The standard InChI is InChI=1S/C13H21NO2/c1-13(2,3)16-12-6-4-10(5-7-12)8-11(14)9-15/h4-7,11,15H,8-9,14H2,1-3H3. The number of hydrogen-bond acceptors (Lipinski definition) is 3. The predicted octanol–water partition coefficient (Wildman–Crippen LogP) is 1.73. The minimum atomic E-state index is -0.186.